The summed E-state index contributed by atoms with van der Waals surface area (Å²) in [5.41, 5.74) is 1.02. The Labute approximate surface area is 118 Å². The van der Waals surface area contributed by atoms with Gasteiger partial charge in [0.1, 0.15) is 6.10 Å². The van der Waals surface area contributed by atoms with Crippen LogP contribution in [0.25, 0.3) is 6.08 Å². The molecule has 0 saturated heterocycles. The van der Waals surface area contributed by atoms with Gasteiger partial charge in [-0.25, -0.2) is 4.79 Å². The lowest BCUT2D eigenvalue weighted by Crippen LogP contribution is -2.12. The molecule has 0 saturated carbocycles. The molecule has 4 nitrogen and oxygen atoms in total. The Bertz CT molecular complexity index is 488. The van der Waals surface area contributed by atoms with Crippen LogP contribution < -0.4 is 0 Å². The van der Waals surface area contributed by atoms with Crippen LogP contribution in [0.5, 0.6) is 0 Å². The fraction of sp³-hybridized carbons (Fsp3) is 0.250. The Morgan fingerprint density at radius 1 is 1.25 bits per heavy atom. The molecule has 1 atom stereocenters. The molecule has 0 aromatic heterocycles. The highest BCUT2D eigenvalue weighted by atomic mass is 16.5. The number of benzene rings is 1. The van der Waals surface area contributed by atoms with Crippen molar-refractivity contribution in [3.05, 3.63) is 54.1 Å². The minimum Gasteiger partial charge on any atom is -0.466 e. The highest BCUT2D eigenvalue weighted by Crippen LogP contribution is 2.08. The summed E-state index contributed by atoms with van der Waals surface area (Å²) in [6.45, 7) is 1.35. The third-order valence-electron chi connectivity index (χ3n) is 2.44. The Kier molecular flexibility index (Phi) is 6.82. The molecule has 0 unspecified atom stereocenters. The van der Waals surface area contributed by atoms with Gasteiger partial charge in [0.15, 0.2) is 0 Å². The van der Waals surface area contributed by atoms with Crippen molar-refractivity contribution < 1.29 is 19.1 Å². The molecule has 1 rings (SSSR count). The predicted octanol–water partition coefficient (Wildman–Crippen LogP) is 2.75. The van der Waals surface area contributed by atoms with Crippen LogP contribution in [0, 0.1) is 0 Å². The fourth-order valence-electron chi connectivity index (χ4n) is 1.53. The van der Waals surface area contributed by atoms with Crippen molar-refractivity contribution in [3.8, 4) is 0 Å². The van der Waals surface area contributed by atoms with Gasteiger partial charge in [-0.1, -0.05) is 42.5 Å². The largest absolute Gasteiger partial charge is 0.466 e. The van der Waals surface area contributed by atoms with E-state index in [0.29, 0.717) is 6.42 Å². The van der Waals surface area contributed by atoms with E-state index in [1.807, 2.05) is 36.4 Å². The monoisotopic (exact) mass is 274 g/mol. The number of carbonyl (C=O) groups is 2. The van der Waals surface area contributed by atoms with E-state index in [-0.39, 0.29) is 5.97 Å². The molecule has 0 aliphatic heterocycles. The van der Waals surface area contributed by atoms with Gasteiger partial charge in [0.25, 0.3) is 0 Å². The van der Waals surface area contributed by atoms with Crippen molar-refractivity contribution in [1.82, 2.24) is 0 Å². The lowest BCUT2D eigenvalue weighted by Gasteiger charge is -2.10. The average Bonchev–Trinajstić information content (AvgIpc) is 2.45. The zero-order valence-electron chi connectivity index (χ0n) is 11.6. The molecule has 106 valence electrons. The molecule has 0 aliphatic carbocycles. The van der Waals surface area contributed by atoms with Crippen LogP contribution in [0.3, 0.4) is 0 Å². The smallest absolute Gasteiger partial charge is 0.330 e. The number of hydrogen-bond donors (Lipinski definition) is 0. The van der Waals surface area contributed by atoms with E-state index in [1.165, 1.54) is 20.1 Å². The number of carbonyl (C=O) groups excluding carboxylic acids is 2. The summed E-state index contributed by atoms with van der Waals surface area (Å²) in [6, 6.07) is 9.69. The third-order valence-corrected chi connectivity index (χ3v) is 2.44. The first-order valence-corrected chi connectivity index (χ1v) is 6.26. The topological polar surface area (TPSA) is 52.6 Å². The van der Waals surface area contributed by atoms with E-state index >= 15 is 0 Å². The summed E-state index contributed by atoms with van der Waals surface area (Å²) in [4.78, 5) is 22.0. The van der Waals surface area contributed by atoms with E-state index in [1.54, 1.807) is 12.2 Å². The highest BCUT2D eigenvalue weighted by Gasteiger charge is 2.06. The highest BCUT2D eigenvalue weighted by molar-refractivity contribution is 5.81. The first-order chi connectivity index (χ1) is 9.61. The van der Waals surface area contributed by atoms with Crippen LogP contribution in [0.1, 0.15) is 18.9 Å². The van der Waals surface area contributed by atoms with E-state index in [0.717, 1.165) is 5.56 Å². The Morgan fingerprint density at radius 3 is 2.55 bits per heavy atom. The van der Waals surface area contributed by atoms with Gasteiger partial charge in [-0.15, -0.1) is 0 Å². The number of hydrogen-bond acceptors (Lipinski definition) is 4. The molecule has 1 aromatic rings. The third kappa shape index (κ3) is 6.54. The normalized spacial score (nSPS) is 12.5. The fourth-order valence-corrected chi connectivity index (χ4v) is 1.53. The van der Waals surface area contributed by atoms with Crippen LogP contribution in [0.4, 0.5) is 0 Å². The standard InChI is InChI=1S/C16H18O4/c1-13(17)20-15(9-6-10-16(18)19-2)12-11-14-7-4-3-5-8-14/h3-8,10-12,15H,9H2,1-2H3/b10-6-,12-11+/t15-/m1/s1. The molecule has 0 fully saturated rings. The molecule has 4 heteroatoms. The van der Waals surface area contributed by atoms with Crippen LogP contribution in [-0.2, 0) is 19.1 Å². The zero-order valence-corrected chi connectivity index (χ0v) is 11.6. The molecule has 1 aromatic carbocycles. The first kappa shape index (κ1) is 15.7. The summed E-state index contributed by atoms with van der Waals surface area (Å²) in [5.74, 6) is -0.794. The summed E-state index contributed by atoms with van der Waals surface area (Å²) < 4.78 is 9.65. The van der Waals surface area contributed by atoms with Gasteiger partial charge in [0.05, 0.1) is 7.11 Å². The maximum Gasteiger partial charge on any atom is 0.330 e. The van der Waals surface area contributed by atoms with Gasteiger partial charge in [0, 0.05) is 19.4 Å². The number of esters is 2. The van der Waals surface area contributed by atoms with Crippen molar-refractivity contribution in [2.75, 3.05) is 7.11 Å². The molecular weight excluding hydrogens is 256 g/mol. The summed E-state index contributed by atoms with van der Waals surface area (Å²) >= 11 is 0. The summed E-state index contributed by atoms with van der Waals surface area (Å²) in [7, 11) is 1.31. The average molecular weight is 274 g/mol. The van der Waals surface area contributed by atoms with Crippen LogP contribution >= 0.6 is 0 Å². The predicted molar refractivity (Wildman–Crippen MR) is 76.8 cm³/mol. The second-order valence-electron chi connectivity index (χ2n) is 4.08. The van der Waals surface area contributed by atoms with Crippen molar-refractivity contribution in [2.45, 2.75) is 19.4 Å². The van der Waals surface area contributed by atoms with Crippen molar-refractivity contribution in [3.63, 3.8) is 0 Å². The first-order valence-electron chi connectivity index (χ1n) is 6.26. The maximum absolute atomic E-state index is 11.0. The zero-order chi connectivity index (χ0) is 14.8. The van der Waals surface area contributed by atoms with Gasteiger partial charge in [-0.05, 0) is 11.6 Å². The van der Waals surface area contributed by atoms with E-state index in [9.17, 15) is 9.59 Å². The lowest BCUT2D eigenvalue weighted by molar-refractivity contribution is -0.143. The summed E-state index contributed by atoms with van der Waals surface area (Å²) in [6.07, 6.45) is 6.60. The maximum atomic E-state index is 11.0. The summed E-state index contributed by atoms with van der Waals surface area (Å²) in [5, 5.41) is 0. The van der Waals surface area contributed by atoms with Gasteiger partial charge >= 0.3 is 11.9 Å². The van der Waals surface area contributed by atoms with E-state index in [2.05, 4.69) is 4.74 Å². The molecule has 0 N–H and O–H groups in total. The number of rotatable bonds is 6. The van der Waals surface area contributed by atoms with Crippen LogP contribution in [0.15, 0.2) is 48.6 Å². The second-order valence-corrected chi connectivity index (χ2v) is 4.08. The molecule has 0 heterocycles. The molecule has 20 heavy (non-hydrogen) atoms. The molecule has 0 bridgehead atoms. The van der Waals surface area contributed by atoms with E-state index < -0.39 is 12.1 Å². The molecule has 0 amide bonds. The Balaban J connectivity index is 2.64. The van der Waals surface area contributed by atoms with Crippen molar-refractivity contribution in [2.24, 2.45) is 0 Å². The molecule has 0 radical (unpaired) electrons. The Morgan fingerprint density at radius 2 is 1.95 bits per heavy atom. The minimum absolute atomic E-state index is 0.362. The molecular formula is C16H18O4. The SMILES string of the molecule is COC(=O)/C=C\C[C@H](/C=C/c1ccccc1)OC(C)=O. The quantitative estimate of drug-likeness (QED) is 0.591. The molecule has 0 spiro atoms. The van der Waals surface area contributed by atoms with E-state index in [4.69, 9.17) is 4.74 Å². The minimum atomic E-state index is -0.432. The number of ether oxygens (including phenoxy) is 2. The van der Waals surface area contributed by atoms with Crippen LogP contribution in [0.2, 0.25) is 0 Å². The number of methoxy groups -OCH3 is 1. The second kappa shape index (κ2) is 8.69. The lowest BCUT2D eigenvalue weighted by atomic mass is 10.1. The van der Waals surface area contributed by atoms with Gasteiger partial charge in [0.2, 0.25) is 0 Å². The van der Waals surface area contributed by atoms with Crippen LogP contribution in [-0.4, -0.2) is 25.2 Å². The van der Waals surface area contributed by atoms with Gasteiger partial charge in [-0.2, -0.15) is 0 Å². The Hall–Kier alpha value is -2.36. The van der Waals surface area contributed by atoms with Gasteiger partial charge in [-0.3, -0.25) is 4.79 Å². The molecule has 0 aliphatic rings. The van der Waals surface area contributed by atoms with Crippen molar-refractivity contribution in [1.29, 1.82) is 0 Å². The van der Waals surface area contributed by atoms with Gasteiger partial charge < -0.3 is 9.47 Å². The van der Waals surface area contributed by atoms with Crippen molar-refractivity contribution >= 4 is 18.0 Å².